The summed E-state index contributed by atoms with van der Waals surface area (Å²) in [5, 5.41) is 25.9. The summed E-state index contributed by atoms with van der Waals surface area (Å²) in [7, 11) is 1.49. The molecule has 4 heterocycles. The fourth-order valence-electron chi connectivity index (χ4n) is 12.2. The van der Waals surface area contributed by atoms with Crippen molar-refractivity contribution in [1.82, 2.24) is 35.7 Å². The third-order valence-corrected chi connectivity index (χ3v) is 16.7. The molecule has 4 aliphatic rings. The SMILES string of the molecule is C=CCOC(=O)N(C)Cc1cc(NC(=O)[C@H](CCCNC(N)=O)NC(=O)[C@@H](NC(=O)OCC2c3ccccc3-c3ccccc32)C(C)C)ccc1COC(=O)N[C@H]1CCc2c(C)c(F)cc3nc4c(c1c23)Cn1c-4cc2c(c1=O)COC(=O)[C@]2(O)CC. The van der Waals surface area contributed by atoms with Crippen LogP contribution < -0.4 is 37.9 Å². The maximum absolute atomic E-state index is 15.6. The number of fused-ring (bicyclic) bond motifs is 8. The number of primary amides is 1. The predicted octanol–water partition coefficient (Wildman–Crippen LogP) is 7.63. The zero-order valence-electron chi connectivity index (χ0n) is 48.8. The van der Waals surface area contributed by atoms with E-state index in [-0.39, 0.29) is 93.6 Å². The van der Waals surface area contributed by atoms with Gasteiger partial charge >= 0.3 is 30.3 Å². The number of nitrogens with two attached hydrogens (primary N) is 1. The number of urea groups is 1. The van der Waals surface area contributed by atoms with Gasteiger partial charge in [-0.05, 0) is 113 Å². The molecule has 6 aromatic rings. The summed E-state index contributed by atoms with van der Waals surface area (Å²) in [4.78, 5) is 114. The van der Waals surface area contributed by atoms with Crippen LogP contribution in [0.15, 0.2) is 96.3 Å². The molecule has 0 saturated heterocycles. The van der Waals surface area contributed by atoms with Gasteiger partial charge in [-0.25, -0.2) is 33.3 Å². The van der Waals surface area contributed by atoms with Gasteiger partial charge in [0.05, 0.1) is 35.1 Å². The molecule has 22 nitrogen and oxygen atoms in total. The lowest BCUT2D eigenvalue weighted by Crippen LogP contribution is -2.54. The first-order chi connectivity index (χ1) is 41.7. The normalized spacial score (nSPS) is 16.6. The van der Waals surface area contributed by atoms with Crippen LogP contribution in [0, 0.1) is 18.7 Å². The molecule has 10 rings (SSSR count). The van der Waals surface area contributed by atoms with E-state index in [2.05, 4.69) is 33.2 Å². The van der Waals surface area contributed by atoms with Gasteiger partial charge in [-0.1, -0.05) is 88.0 Å². The first-order valence-electron chi connectivity index (χ1n) is 28.8. The Morgan fingerprint density at radius 1 is 0.931 bits per heavy atom. The van der Waals surface area contributed by atoms with E-state index in [9.17, 15) is 43.5 Å². The maximum atomic E-state index is 15.6. The second-order valence-electron chi connectivity index (χ2n) is 22.5. The second kappa shape index (κ2) is 25.1. The lowest BCUT2D eigenvalue weighted by atomic mass is 9.81. The number of aryl methyl sites for hydroxylation is 1. The average molecular weight is 1190 g/mol. The second-order valence-corrected chi connectivity index (χ2v) is 22.5. The molecule has 7 amide bonds. The molecule has 0 fully saturated rings. The van der Waals surface area contributed by atoms with Crippen LogP contribution in [-0.2, 0) is 71.7 Å². The number of carbonyl (C=O) groups is 7. The van der Waals surface area contributed by atoms with Crippen LogP contribution >= 0.6 is 0 Å². The number of nitrogens with one attached hydrogen (secondary N) is 5. The number of hydrogen-bond donors (Lipinski definition) is 7. The van der Waals surface area contributed by atoms with Crippen LogP contribution in [-0.4, -0.2) is 101 Å². The van der Waals surface area contributed by atoms with Crippen molar-refractivity contribution in [2.24, 2.45) is 11.7 Å². The average Bonchev–Trinajstić information content (AvgIpc) is 1.66. The number of carbonyl (C=O) groups excluding carboxylic acids is 7. The lowest BCUT2D eigenvalue weighted by Gasteiger charge is -2.31. The lowest BCUT2D eigenvalue weighted by molar-refractivity contribution is -0.172. The zero-order valence-corrected chi connectivity index (χ0v) is 48.8. The number of aromatic nitrogens is 2. The predicted molar refractivity (Wildman–Crippen MR) is 317 cm³/mol. The first-order valence-corrected chi connectivity index (χ1v) is 28.8. The molecule has 8 N–H and O–H groups in total. The largest absolute Gasteiger partial charge is 0.458 e. The number of alkyl carbamates (subject to hydrolysis) is 2. The summed E-state index contributed by atoms with van der Waals surface area (Å²) in [6.45, 7) is 9.59. The fourth-order valence-corrected chi connectivity index (χ4v) is 12.2. The third-order valence-electron chi connectivity index (χ3n) is 16.7. The number of amides is 7. The minimum atomic E-state index is -2.08. The highest BCUT2D eigenvalue weighted by Crippen LogP contribution is 2.47. The van der Waals surface area contributed by atoms with Crippen LogP contribution in [0.25, 0.3) is 33.4 Å². The Hall–Kier alpha value is -9.64. The minimum absolute atomic E-state index is 0.00610. The van der Waals surface area contributed by atoms with Gasteiger partial charge in [-0.2, -0.15) is 0 Å². The number of hydrogen-bond acceptors (Lipinski definition) is 14. The van der Waals surface area contributed by atoms with Crippen LogP contribution in [0.3, 0.4) is 0 Å². The summed E-state index contributed by atoms with van der Waals surface area (Å²) in [5.41, 5.74) is 11.4. The van der Waals surface area contributed by atoms with Crippen LogP contribution in [0.4, 0.5) is 29.3 Å². The number of ether oxygens (including phenoxy) is 4. The Balaban J connectivity index is 0.865. The van der Waals surface area contributed by atoms with E-state index in [0.29, 0.717) is 63.0 Å². The summed E-state index contributed by atoms with van der Waals surface area (Å²) in [6.07, 6.45) is -0.139. The molecular weight excluding hydrogens is 1120 g/mol. The van der Waals surface area contributed by atoms with Crippen molar-refractivity contribution in [2.75, 3.05) is 32.1 Å². The fraction of sp³-hybridized carbons (Fsp3) is 0.359. The number of esters is 1. The Bertz CT molecular complexity index is 3820. The van der Waals surface area contributed by atoms with Crippen molar-refractivity contribution in [1.29, 1.82) is 0 Å². The number of rotatable bonds is 20. The third kappa shape index (κ3) is 12.0. The van der Waals surface area contributed by atoms with Gasteiger partial charge in [-0.15, -0.1) is 0 Å². The first kappa shape index (κ1) is 60.5. The molecular formula is C64H68FN9O13. The van der Waals surface area contributed by atoms with Crippen LogP contribution in [0.2, 0.25) is 0 Å². The zero-order chi connectivity index (χ0) is 62.0. The van der Waals surface area contributed by atoms with Crippen molar-refractivity contribution in [2.45, 2.75) is 116 Å². The molecule has 0 unspecified atom stereocenters. The Morgan fingerprint density at radius 3 is 2.34 bits per heavy atom. The van der Waals surface area contributed by atoms with Crippen LogP contribution in [0.5, 0.6) is 0 Å². The summed E-state index contributed by atoms with van der Waals surface area (Å²) in [5.74, 6) is -3.39. The monoisotopic (exact) mass is 1190 g/mol. The minimum Gasteiger partial charge on any atom is -0.458 e. The standard InChI is InChI=1S/C64H68FN9O13/c1-7-24-84-63(82)73(6)28-36-25-37(68-56(75)49(18-13-23-67-60(66)79)70-57(76)54(33(3)4)72-62(81)87-31-44-41-16-11-9-14-39(41)40-15-10-12-17-42(40)44)20-19-35(36)30-86-61(80)71-48-22-21-38-34(5)47(65)27-50-52(38)53(48)43-29-74-51(55(43)69-50)26-46-45(58(74)77)32-85-59(78)64(46,83)8-2/h7,9-12,14-17,19-20,25-27,33,44,48-49,54,83H,1,8,13,18,21-24,28-32H2,2-6H3,(H,68,75)(H,70,76)(H,71,80)(H,72,81)(H3,66,67,79)/t48-,49-,54-,64-/m0/s1. The van der Waals surface area contributed by atoms with Crippen molar-refractivity contribution in [3.05, 3.63) is 163 Å². The number of cyclic esters (lactones) is 1. The van der Waals surface area contributed by atoms with Gasteiger partial charge in [0, 0.05) is 54.3 Å². The van der Waals surface area contributed by atoms with E-state index in [1.807, 2.05) is 48.5 Å². The number of nitrogens with zero attached hydrogens (tertiary/aromatic N) is 3. The molecule has 23 heteroatoms. The number of pyridine rings is 2. The van der Waals surface area contributed by atoms with E-state index in [1.54, 1.807) is 52.0 Å². The molecule has 87 heavy (non-hydrogen) atoms. The molecule has 2 aliphatic heterocycles. The molecule has 2 aromatic heterocycles. The summed E-state index contributed by atoms with van der Waals surface area (Å²) < 4.78 is 39.3. The Kier molecular flexibility index (Phi) is 17.5. The van der Waals surface area contributed by atoms with Crippen molar-refractivity contribution in [3.8, 4) is 22.5 Å². The molecule has 0 bridgehead atoms. The highest BCUT2D eigenvalue weighted by Gasteiger charge is 2.46. The molecule has 0 spiro atoms. The van der Waals surface area contributed by atoms with E-state index in [0.717, 1.165) is 22.3 Å². The quantitative estimate of drug-likeness (QED) is 0.0167. The van der Waals surface area contributed by atoms with Gasteiger partial charge in [0.15, 0.2) is 5.60 Å². The molecule has 0 radical (unpaired) electrons. The highest BCUT2D eigenvalue weighted by atomic mass is 19.1. The topological polar surface area (TPSA) is 301 Å². The molecule has 4 atom stereocenters. The number of halogens is 1. The molecule has 4 aromatic carbocycles. The molecule has 454 valence electrons. The maximum Gasteiger partial charge on any atom is 0.410 e. The van der Waals surface area contributed by atoms with Crippen molar-refractivity contribution in [3.63, 3.8) is 0 Å². The molecule has 0 saturated carbocycles. The van der Waals surface area contributed by atoms with E-state index in [1.165, 1.54) is 28.7 Å². The van der Waals surface area contributed by atoms with Crippen LogP contribution in [0.1, 0.15) is 114 Å². The smallest absolute Gasteiger partial charge is 0.410 e. The molecule has 2 aliphatic carbocycles. The van der Waals surface area contributed by atoms with Crippen molar-refractivity contribution >= 4 is 58.7 Å². The van der Waals surface area contributed by atoms with Crippen molar-refractivity contribution < 1.29 is 62.0 Å². The van der Waals surface area contributed by atoms with Gasteiger partial charge in [0.2, 0.25) is 11.8 Å². The van der Waals surface area contributed by atoms with E-state index >= 15 is 4.39 Å². The Morgan fingerprint density at radius 2 is 1.66 bits per heavy atom. The number of benzene rings is 4. The van der Waals surface area contributed by atoms with Gasteiger partial charge in [0.1, 0.15) is 44.3 Å². The van der Waals surface area contributed by atoms with E-state index in [4.69, 9.17) is 29.7 Å². The van der Waals surface area contributed by atoms with Gasteiger partial charge in [-0.3, -0.25) is 14.4 Å². The number of aliphatic hydroxyl groups is 1. The van der Waals surface area contributed by atoms with E-state index < -0.39 is 83.1 Å². The summed E-state index contributed by atoms with van der Waals surface area (Å²) >= 11 is 0. The summed E-state index contributed by atoms with van der Waals surface area (Å²) in [6, 6.07) is 19.5. The Labute approximate surface area is 500 Å². The van der Waals surface area contributed by atoms with Gasteiger partial charge in [0.25, 0.3) is 5.56 Å². The van der Waals surface area contributed by atoms with Gasteiger partial charge < -0.3 is 65.8 Å². The highest BCUT2D eigenvalue weighted by molar-refractivity contribution is 5.99. The number of anilines is 1.